The Labute approximate surface area is 130 Å². The summed E-state index contributed by atoms with van der Waals surface area (Å²) in [4.78, 5) is 0. The van der Waals surface area contributed by atoms with Crippen LogP contribution in [-0.4, -0.2) is 17.3 Å². The first kappa shape index (κ1) is 14.6. The van der Waals surface area contributed by atoms with Crippen molar-refractivity contribution in [3.63, 3.8) is 0 Å². The molecule has 1 aromatic carbocycles. The lowest BCUT2D eigenvalue weighted by molar-refractivity contribution is -0.0861. The van der Waals surface area contributed by atoms with Crippen LogP contribution in [0, 0.1) is 0 Å². The number of rotatable bonds is 2. The highest BCUT2D eigenvalue weighted by Gasteiger charge is 2.54. The minimum Gasteiger partial charge on any atom is -0.389 e. The average molecular weight is 314 g/mol. The highest BCUT2D eigenvalue weighted by atomic mass is 35.5. The number of fused-ring (bicyclic) bond motifs is 3. The molecule has 2 aliphatic carbocycles. The molecule has 3 N–H and O–H groups in total. The molecule has 2 nitrogen and oxygen atoms in total. The van der Waals surface area contributed by atoms with Crippen LogP contribution in [0.2, 0.25) is 10.0 Å². The topological polar surface area (TPSA) is 46.2 Å². The minimum absolute atomic E-state index is 0.262. The van der Waals surface area contributed by atoms with Crippen LogP contribution >= 0.6 is 23.2 Å². The summed E-state index contributed by atoms with van der Waals surface area (Å²) in [6.45, 7) is 0.575. The highest BCUT2D eigenvalue weighted by Crippen LogP contribution is 2.55. The second-order valence-corrected chi connectivity index (χ2v) is 7.12. The lowest BCUT2D eigenvalue weighted by Gasteiger charge is -2.55. The zero-order valence-corrected chi connectivity index (χ0v) is 13.1. The number of hydrogen-bond donors (Lipinski definition) is 2. The minimum atomic E-state index is -0.647. The lowest BCUT2D eigenvalue weighted by Crippen LogP contribution is -2.57. The van der Waals surface area contributed by atoms with E-state index in [2.05, 4.69) is 0 Å². The molecule has 0 aliphatic heterocycles. The quantitative estimate of drug-likeness (QED) is 0.871. The van der Waals surface area contributed by atoms with Crippen molar-refractivity contribution in [2.45, 2.75) is 56.0 Å². The Morgan fingerprint density at radius 2 is 1.90 bits per heavy atom. The molecule has 2 atom stereocenters. The first-order valence-electron chi connectivity index (χ1n) is 7.43. The van der Waals surface area contributed by atoms with E-state index in [4.69, 9.17) is 28.9 Å². The number of nitrogens with two attached hydrogens (primary N) is 1. The normalized spacial score (nSPS) is 32.6. The molecule has 2 aliphatic rings. The molecule has 1 fully saturated rings. The number of hydrogen-bond acceptors (Lipinski definition) is 2. The van der Waals surface area contributed by atoms with E-state index >= 15 is 0 Å². The maximum atomic E-state index is 11.3. The Hall–Kier alpha value is -0.280. The molecule has 20 heavy (non-hydrogen) atoms. The van der Waals surface area contributed by atoms with E-state index in [1.54, 1.807) is 0 Å². The van der Waals surface area contributed by atoms with Gasteiger partial charge in [0, 0.05) is 15.5 Å². The Kier molecular flexibility index (Phi) is 3.79. The lowest BCUT2D eigenvalue weighted by atomic mass is 9.53. The maximum Gasteiger partial charge on any atom is 0.0747 e. The van der Waals surface area contributed by atoms with E-state index in [1.807, 2.05) is 12.1 Å². The predicted octanol–water partition coefficient (Wildman–Crippen LogP) is 3.83. The fraction of sp³-hybridized carbons (Fsp3) is 0.625. The smallest absolute Gasteiger partial charge is 0.0747 e. The van der Waals surface area contributed by atoms with Crippen molar-refractivity contribution < 1.29 is 5.11 Å². The van der Waals surface area contributed by atoms with Crippen molar-refractivity contribution in [3.05, 3.63) is 33.3 Å². The molecule has 0 bridgehead atoms. The Balaban J connectivity index is 2.22. The molecule has 0 amide bonds. The molecule has 0 saturated heterocycles. The van der Waals surface area contributed by atoms with Gasteiger partial charge in [0.15, 0.2) is 0 Å². The molecular weight excluding hydrogens is 293 g/mol. The van der Waals surface area contributed by atoms with E-state index in [9.17, 15) is 5.11 Å². The summed E-state index contributed by atoms with van der Waals surface area (Å²) in [5, 5.41) is 12.6. The van der Waals surface area contributed by atoms with Gasteiger partial charge < -0.3 is 10.8 Å². The van der Waals surface area contributed by atoms with Crippen LogP contribution in [0.1, 0.15) is 49.7 Å². The van der Waals surface area contributed by atoms with Gasteiger partial charge in [0.25, 0.3) is 0 Å². The van der Waals surface area contributed by atoms with Gasteiger partial charge in [-0.05, 0) is 61.9 Å². The summed E-state index contributed by atoms with van der Waals surface area (Å²) >= 11 is 12.6. The van der Waals surface area contributed by atoms with Crippen molar-refractivity contribution in [2.24, 2.45) is 5.73 Å². The number of aliphatic hydroxyl groups is 1. The highest BCUT2D eigenvalue weighted by molar-refractivity contribution is 6.35. The van der Waals surface area contributed by atoms with E-state index in [-0.39, 0.29) is 5.41 Å². The van der Waals surface area contributed by atoms with Crippen molar-refractivity contribution in [1.29, 1.82) is 0 Å². The summed E-state index contributed by atoms with van der Waals surface area (Å²) in [6.07, 6.45) is 6.46. The molecule has 110 valence electrons. The first-order chi connectivity index (χ1) is 9.52. The van der Waals surface area contributed by atoms with Crippen molar-refractivity contribution in [1.82, 2.24) is 0 Å². The molecular formula is C16H21Cl2NO. The summed E-state index contributed by atoms with van der Waals surface area (Å²) in [5.41, 5.74) is 7.28. The molecule has 0 spiro atoms. The number of benzene rings is 1. The summed E-state index contributed by atoms with van der Waals surface area (Å²) < 4.78 is 0. The number of halogens is 2. The molecule has 3 rings (SSSR count). The van der Waals surface area contributed by atoms with E-state index in [0.29, 0.717) is 11.6 Å². The summed E-state index contributed by atoms with van der Waals surface area (Å²) in [7, 11) is 0. The third kappa shape index (κ3) is 2.00. The van der Waals surface area contributed by atoms with Crippen LogP contribution in [0.25, 0.3) is 0 Å². The zero-order valence-electron chi connectivity index (χ0n) is 11.6. The second-order valence-electron chi connectivity index (χ2n) is 6.27. The summed E-state index contributed by atoms with van der Waals surface area (Å²) in [6, 6.07) is 3.82. The van der Waals surface area contributed by atoms with Gasteiger partial charge in [-0.2, -0.15) is 0 Å². The maximum absolute atomic E-state index is 11.3. The standard InChI is InChI=1S/C16H21Cl2NO/c17-11-9-13-12(14(18)10-11)3-6-16(20)5-2-1-4-15(13,16)7-8-19/h9-10,20H,1-8,19H2/t15-,16+/m1/s1. The average Bonchev–Trinajstić information content (AvgIpc) is 2.39. The summed E-state index contributed by atoms with van der Waals surface area (Å²) in [5.74, 6) is 0. The van der Waals surface area contributed by atoms with E-state index < -0.39 is 5.60 Å². The monoisotopic (exact) mass is 313 g/mol. The third-order valence-corrected chi connectivity index (χ3v) is 5.93. The Morgan fingerprint density at radius 1 is 1.15 bits per heavy atom. The molecule has 0 aromatic heterocycles. The zero-order chi connectivity index (χ0) is 14.4. The fourth-order valence-corrected chi connectivity index (χ4v) is 5.01. The molecule has 0 unspecified atom stereocenters. The van der Waals surface area contributed by atoms with Gasteiger partial charge in [-0.1, -0.05) is 36.0 Å². The van der Waals surface area contributed by atoms with Gasteiger partial charge in [-0.3, -0.25) is 0 Å². The van der Waals surface area contributed by atoms with Gasteiger partial charge in [0.2, 0.25) is 0 Å². The van der Waals surface area contributed by atoms with Crippen LogP contribution < -0.4 is 5.73 Å². The van der Waals surface area contributed by atoms with Crippen LogP contribution in [0.3, 0.4) is 0 Å². The fourth-order valence-electron chi connectivity index (χ4n) is 4.42. The van der Waals surface area contributed by atoms with Crippen molar-refractivity contribution >= 4 is 23.2 Å². The van der Waals surface area contributed by atoms with Gasteiger partial charge in [-0.25, -0.2) is 0 Å². The first-order valence-corrected chi connectivity index (χ1v) is 8.19. The Bertz CT molecular complexity index is 529. The van der Waals surface area contributed by atoms with Gasteiger partial charge in [0.05, 0.1) is 5.60 Å². The van der Waals surface area contributed by atoms with Crippen LogP contribution in [0.4, 0.5) is 0 Å². The molecule has 1 aromatic rings. The van der Waals surface area contributed by atoms with Crippen molar-refractivity contribution in [3.8, 4) is 0 Å². The molecule has 0 heterocycles. The van der Waals surface area contributed by atoms with Crippen molar-refractivity contribution in [2.75, 3.05) is 6.54 Å². The predicted molar refractivity (Wildman–Crippen MR) is 83.6 cm³/mol. The van der Waals surface area contributed by atoms with Gasteiger partial charge >= 0.3 is 0 Å². The molecule has 0 radical (unpaired) electrons. The molecule has 4 heteroatoms. The molecule has 1 saturated carbocycles. The van der Waals surface area contributed by atoms with Crippen LogP contribution in [0.5, 0.6) is 0 Å². The van der Waals surface area contributed by atoms with Crippen LogP contribution in [0.15, 0.2) is 12.1 Å². The van der Waals surface area contributed by atoms with Gasteiger partial charge in [0.1, 0.15) is 0 Å². The largest absolute Gasteiger partial charge is 0.389 e. The van der Waals surface area contributed by atoms with E-state index in [1.165, 1.54) is 0 Å². The second kappa shape index (κ2) is 5.17. The Morgan fingerprint density at radius 3 is 2.65 bits per heavy atom. The van der Waals surface area contributed by atoms with Crippen LogP contribution in [-0.2, 0) is 11.8 Å². The van der Waals surface area contributed by atoms with E-state index in [0.717, 1.165) is 61.1 Å². The third-order valence-electron chi connectivity index (χ3n) is 5.37. The van der Waals surface area contributed by atoms with Gasteiger partial charge in [-0.15, -0.1) is 0 Å². The SMILES string of the molecule is NCC[C@@]12CCCC[C@]1(O)CCc1c(Cl)cc(Cl)cc12.